The quantitative estimate of drug-likeness (QED) is 0.865. The second kappa shape index (κ2) is 6.20. The first kappa shape index (κ1) is 15.8. The molecular weight excluding hydrogens is 294 g/mol. The first-order valence-electron chi connectivity index (χ1n) is 7.85. The van der Waals surface area contributed by atoms with Crippen LogP contribution in [0.3, 0.4) is 0 Å². The maximum absolute atomic E-state index is 12.8. The van der Waals surface area contributed by atoms with Crippen molar-refractivity contribution in [1.82, 2.24) is 14.6 Å². The van der Waals surface area contributed by atoms with Gasteiger partial charge in [-0.25, -0.2) is 0 Å². The van der Waals surface area contributed by atoms with E-state index in [1.165, 1.54) is 0 Å². The molecule has 3 rings (SSSR count). The third kappa shape index (κ3) is 3.03. The van der Waals surface area contributed by atoms with Crippen molar-refractivity contribution in [1.29, 1.82) is 0 Å². The standard InChI is InChI=1S/C17H23N3O3/c1-11-7-14(23-18-11)8-13-9-20(10-16(13)22-4)17(21)15-5-6-19(3)12(15)2/h5-7,13,16H,8-10H2,1-4H3/t13-,16+/m1/s1. The lowest BCUT2D eigenvalue weighted by molar-refractivity contribution is 0.0672. The highest BCUT2D eigenvalue weighted by atomic mass is 16.5. The lowest BCUT2D eigenvalue weighted by Crippen LogP contribution is -2.30. The van der Waals surface area contributed by atoms with Gasteiger partial charge in [-0.15, -0.1) is 0 Å². The number of nitrogens with zero attached hydrogens (tertiary/aromatic N) is 3. The normalized spacial score (nSPS) is 21.1. The van der Waals surface area contributed by atoms with Crippen LogP contribution in [0.2, 0.25) is 0 Å². The molecule has 124 valence electrons. The molecule has 1 aliphatic rings. The summed E-state index contributed by atoms with van der Waals surface area (Å²) in [6, 6.07) is 3.82. The van der Waals surface area contributed by atoms with Crippen LogP contribution in [0.15, 0.2) is 22.9 Å². The molecular formula is C17H23N3O3. The predicted molar refractivity (Wildman–Crippen MR) is 85.3 cm³/mol. The van der Waals surface area contributed by atoms with E-state index in [4.69, 9.17) is 9.26 Å². The van der Waals surface area contributed by atoms with E-state index in [-0.39, 0.29) is 17.9 Å². The minimum atomic E-state index is 0.0216. The molecule has 1 fully saturated rings. The molecule has 6 nitrogen and oxygen atoms in total. The Labute approximate surface area is 136 Å². The summed E-state index contributed by atoms with van der Waals surface area (Å²) in [6.07, 6.45) is 2.67. The molecule has 0 N–H and O–H groups in total. The fourth-order valence-electron chi connectivity index (χ4n) is 3.25. The molecule has 23 heavy (non-hydrogen) atoms. The first-order valence-corrected chi connectivity index (χ1v) is 7.85. The van der Waals surface area contributed by atoms with Gasteiger partial charge in [0.2, 0.25) is 0 Å². The Hall–Kier alpha value is -2.08. The number of carbonyl (C=O) groups is 1. The molecule has 0 aromatic carbocycles. The van der Waals surface area contributed by atoms with Gasteiger partial charge in [0, 0.05) is 57.5 Å². The summed E-state index contributed by atoms with van der Waals surface area (Å²) < 4.78 is 12.9. The van der Waals surface area contributed by atoms with E-state index in [2.05, 4.69) is 5.16 Å². The summed E-state index contributed by atoms with van der Waals surface area (Å²) in [5.41, 5.74) is 2.62. The molecule has 0 spiro atoms. The number of ether oxygens (including phenoxy) is 1. The van der Waals surface area contributed by atoms with Crippen molar-refractivity contribution in [2.75, 3.05) is 20.2 Å². The Bertz CT molecular complexity index is 704. The third-order valence-corrected chi connectivity index (χ3v) is 4.73. The first-order chi connectivity index (χ1) is 11.0. The van der Waals surface area contributed by atoms with Crippen molar-refractivity contribution in [3.05, 3.63) is 41.0 Å². The van der Waals surface area contributed by atoms with Gasteiger partial charge in [0.25, 0.3) is 5.91 Å². The molecule has 1 aliphatic heterocycles. The van der Waals surface area contributed by atoms with Gasteiger partial charge < -0.3 is 18.7 Å². The summed E-state index contributed by atoms with van der Waals surface area (Å²) in [6.45, 7) is 5.15. The van der Waals surface area contributed by atoms with E-state index >= 15 is 0 Å². The number of aromatic nitrogens is 2. The average molecular weight is 317 g/mol. The lowest BCUT2D eigenvalue weighted by Gasteiger charge is -2.16. The molecule has 0 aliphatic carbocycles. The van der Waals surface area contributed by atoms with Crippen molar-refractivity contribution in [3.63, 3.8) is 0 Å². The highest BCUT2D eigenvalue weighted by molar-refractivity contribution is 5.95. The Kier molecular flexibility index (Phi) is 4.26. The maximum atomic E-state index is 12.8. The summed E-state index contributed by atoms with van der Waals surface area (Å²) in [7, 11) is 3.65. The second-order valence-corrected chi connectivity index (χ2v) is 6.31. The van der Waals surface area contributed by atoms with Crippen LogP contribution in [-0.2, 0) is 18.2 Å². The van der Waals surface area contributed by atoms with Gasteiger partial charge in [0.15, 0.2) is 0 Å². The van der Waals surface area contributed by atoms with Crippen LogP contribution in [0.25, 0.3) is 0 Å². The molecule has 3 heterocycles. The number of methoxy groups -OCH3 is 1. The van der Waals surface area contributed by atoms with Gasteiger partial charge in [-0.1, -0.05) is 5.16 Å². The number of aryl methyl sites for hydroxylation is 2. The van der Waals surface area contributed by atoms with E-state index in [0.29, 0.717) is 13.1 Å². The average Bonchev–Trinajstić information content (AvgIpc) is 3.21. The van der Waals surface area contributed by atoms with Crippen LogP contribution < -0.4 is 0 Å². The van der Waals surface area contributed by atoms with Crippen LogP contribution >= 0.6 is 0 Å². The second-order valence-electron chi connectivity index (χ2n) is 6.31. The number of hydrogen-bond donors (Lipinski definition) is 0. The van der Waals surface area contributed by atoms with Crippen molar-refractivity contribution in [2.45, 2.75) is 26.4 Å². The number of carbonyl (C=O) groups excluding carboxylic acids is 1. The molecule has 2 aromatic rings. The Morgan fingerprint density at radius 1 is 1.43 bits per heavy atom. The van der Waals surface area contributed by atoms with Gasteiger partial charge >= 0.3 is 0 Å². The maximum Gasteiger partial charge on any atom is 0.255 e. The third-order valence-electron chi connectivity index (χ3n) is 4.73. The van der Waals surface area contributed by atoms with Gasteiger partial charge in [-0.05, 0) is 19.9 Å². The van der Waals surface area contributed by atoms with E-state index in [1.807, 2.05) is 48.7 Å². The molecule has 0 saturated carbocycles. The molecule has 2 atom stereocenters. The Balaban J connectivity index is 1.73. The highest BCUT2D eigenvalue weighted by Crippen LogP contribution is 2.26. The zero-order chi connectivity index (χ0) is 16.6. The van der Waals surface area contributed by atoms with E-state index in [1.54, 1.807) is 7.11 Å². The fraction of sp³-hybridized carbons (Fsp3) is 0.529. The number of amides is 1. The van der Waals surface area contributed by atoms with Gasteiger partial charge in [-0.3, -0.25) is 4.79 Å². The minimum Gasteiger partial charge on any atom is -0.379 e. The van der Waals surface area contributed by atoms with Gasteiger partial charge in [0.1, 0.15) is 5.76 Å². The van der Waals surface area contributed by atoms with Crippen molar-refractivity contribution >= 4 is 5.91 Å². The smallest absolute Gasteiger partial charge is 0.255 e. The zero-order valence-electron chi connectivity index (χ0n) is 14.1. The minimum absolute atomic E-state index is 0.0216. The molecule has 0 radical (unpaired) electrons. The SMILES string of the molecule is CO[C@H]1CN(C(=O)c2ccn(C)c2C)C[C@H]1Cc1cc(C)no1. The Morgan fingerprint density at radius 2 is 2.22 bits per heavy atom. The molecule has 0 unspecified atom stereocenters. The molecule has 6 heteroatoms. The number of rotatable bonds is 4. The molecule has 1 saturated heterocycles. The summed E-state index contributed by atoms with van der Waals surface area (Å²) in [4.78, 5) is 14.6. The van der Waals surface area contributed by atoms with Crippen LogP contribution in [0, 0.1) is 19.8 Å². The number of hydrogen-bond acceptors (Lipinski definition) is 4. The van der Waals surface area contributed by atoms with Gasteiger partial charge in [0.05, 0.1) is 17.4 Å². The molecule has 1 amide bonds. The van der Waals surface area contributed by atoms with Crippen molar-refractivity contribution < 1.29 is 14.1 Å². The molecule has 0 bridgehead atoms. The van der Waals surface area contributed by atoms with E-state index in [9.17, 15) is 4.79 Å². The molecule has 2 aromatic heterocycles. The van der Waals surface area contributed by atoms with E-state index < -0.39 is 0 Å². The van der Waals surface area contributed by atoms with Crippen LogP contribution in [0.4, 0.5) is 0 Å². The van der Waals surface area contributed by atoms with Crippen molar-refractivity contribution in [3.8, 4) is 0 Å². The predicted octanol–water partition coefficient (Wildman–Crippen LogP) is 1.96. The lowest BCUT2D eigenvalue weighted by atomic mass is 10.0. The highest BCUT2D eigenvalue weighted by Gasteiger charge is 2.37. The summed E-state index contributed by atoms with van der Waals surface area (Å²) in [5, 5.41) is 3.93. The van der Waals surface area contributed by atoms with Crippen LogP contribution in [0.1, 0.15) is 27.5 Å². The van der Waals surface area contributed by atoms with Crippen LogP contribution in [0.5, 0.6) is 0 Å². The number of likely N-dealkylation sites (tertiary alicyclic amines) is 1. The largest absolute Gasteiger partial charge is 0.379 e. The summed E-state index contributed by atoms with van der Waals surface area (Å²) in [5.74, 6) is 1.14. The fourth-order valence-corrected chi connectivity index (χ4v) is 3.25. The van der Waals surface area contributed by atoms with Crippen molar-refractivity contribution in [2.24, 2.45) is 13.0 Å². The monoisotopic (exact) mass is 317 g/mol. The van der Waals surface area contributed by atoms with Gasteiger partial charge in [-0.2, -0.15) is 0 Å². The topological polar surface area (TPSA) is 60.5 Å². The van der Waals surface area contributed by atoms with E-state index in [0.717, 1.165) is 29.1 Å². The van der Waals surface area contributed by atoms with Crippen LogP contribution in [-0.4, -0.2) is 46.8 Å². The Morgan fingerprint density at radius 3 is 2.78 bits per heavy atom. The summed E-state index contributed by atoms with van der Waals surface area (Å²) >= 11 is 0. The zero-order valence-corrected chi connectivity index (χ0v) is 14.1.